The maximum absolute atomic E-state index is 14.8. The molecule has 0 bridgehead atoms. The molecule has 2 aliphatic heterocycles. The first-order chi connectivity index (χ1) is 45.5. The first-order valence-electron chi connectivity index (χ1n) is 33.3. The van der Waals surface area contributed by atoms with Crippen molar-refractivity contribution in [1.82, 2.24) is 46.2 Å². The van der Waals surface area contributed by atoms with Crippen LogP contribution in [-0.4, -0.2) is 200 Å². The molecule has 27 heteroatoms. The van der Waals surface area contributed by atoms with E-state index in [4.69, 9.17) is 24.7 Å². The van der Waals surface area contributed by atoms with Gasteiger partial charge in [-0.1, -0.05) is 118 Å². The number of carbonyl (C=O) groups is 12. The van der Waals surface area contributed by atoms with Gasteiger partial charge in [-0.15, -0.1) is 0 Å². The van der Waals surface area contributed by atoms with Crippen molar-refractivity contribution in [2.24, 2.45) is 35.3 Å². The SMILES string of the molecule is CC[C@H](C)[C@@H]([C@@H](CC(=O)N1CCC[C@H]1[C@H](OC)[C@@H](C)C(=O)N[C@@H](Cc1ccccc1)C(=O)OC)OC)N(C)C(=O)[C@@H](NC(=O)[C@H](C(C)C)N(C)C(=O)OCc1ccc(NC(=O)[C@H](CCCNC(N)=O)NC(=O)C(NC(=O)CCCCCN2C(=O)C=CC2=O)C(C)C)cc1)C(C)C. The van der Waals surface area contributed by atoms with Crippen molar-refractivity contribution >= 4 is 76.9 Å². The molecule has 0 aliphatic carbocycles. The fourth-order valence-electron chi connectivity index (χ4n) is 12.2. The van der Waals surface area contributed by atoms with E-state index in [1.807, 2.05) is 44.2 Å². The zero-order chi connectivity index (χ0) is 71.5. The number of nitrogens with two attached hydrogens (primary N) is 1. The van der Waals surface area contributed by atoms with Gasteiger partial charge < -0.3 is 66.4 Å². The van der Waals surface area contributed by atoms with Crippen molar-refractivity contribution in [2.75, 3.05) is 60.4 Å². The number of hydrogen-bond acceptors (Lipinski definition) is 16. The van der Waals surface area contributed by atoms with E-state index in [1.54, 1.807) is 84.7 Å². The molecule has 96 heavy (non-hydrogen) atoms. The number of hydrogen-bond donors (Lipinski definition) is 7. The van der Waals surface area contributed by atoms with E-state index in [9.17, 15) is 57.5 Å². The molecule has 12 amide bonds. The van der Waals surface area contributed by atoms with Gasteiger partial charge in [0.05, 0.1) is 43.7 Å². The van der Waals surface area contributed by atoms with Crippen LogP contribution < -0.4 is 37.6 Å². The number of nitrogens with one attached hydrogen (secondary N) is 6. The maximum Gasteiger partial charge on any atom is 0.410 e. The highest BCUT2D eigenvalue weighted by Gasteiger charge is 2.44. The van der Waals surface area contributed by atoms with Crippen LogP contribution >= 0.6 is 0 Å². The molecule has 532 valence electrons. The highest BCUT2D eigenvalue weighted by atomic mass is 16.6. The lowest BCUT2D eigenvalue weighted by Crippen LogP contribution is -2.60. The number of likely N-dealkylation sites (tertiary alicyclic amines) is 1. The fourth-order valence-corrected chi connectivity index (χ4v) is 12.2. The number of anilines is 1. The number of amides is 12. The van der Waals surface area contributed by atoms with Crippen LogP contribution in [0.5, 0.6) is 0 Å². The molecule has 0 spiro atoms. The molecule has 2 aromatic rings. The lowest BCUT2D eigenvalue weighted by molar-refractivity contribution is -0.149. The van der Waals surface area contributed by atoms with Crippen LogP contribution in [0.15, 0.2) is 66.7 Å². The Balaban J connectivity index is 1.38. The average molecular weight is 1340 g/mol. The van der Waals surface area contributed by atoms with E-state index in [-0.39, 0.29) is 81.4 Å². The second-order valence-corrected chi connectivity index (χ2v) is 25.9. The molecular weight excluding hydrogens is 1240 g/mol. The Kier molecular flexibility index (Phi) is 32.9. The first kappa shape index (κ1) is 80.0. The number of carbonyl (C=O) groups excluding carboxylic acids is 12. The molecule has 4 rings (SSSR count). The van der Waals surface area contributed by atoms with Crippen LogP contribution in [0, 0.1) is 29.6 Å². The quantitative estimate of drug-likeness (QED) is 0.0270. The summed E-state index contributed by atoms with van der Waals surface area (Å²) in [7, 11) is 7.28. The Labute approximate surface area is 565 Å². The molecule has 0 saturated carbocycles. The van der Waals surface area contributed by atoms with Gasteiger partial charge in [0.2, 0.25) is 41.4 Å². The first-order valence-corrected chi connectivity index (χ1v) is 33.3. The smallest absolute Gasteiger partial charge is 0.410 e. The number of unbranched alkanes of at least 4 members (excludes halogenated alkanes) is 2. The van der Waals surface area contributed by atoms with E-state index >= 15 is 0 Å². The second-order valence-electron chi connectivity index (χ2n) is 25.9. The van der Waals surface area contributed by atoms with Crippen molar-refractivity contribution in [1.29, 1.82) is 0 Å². The third-order valence-corrected chi connectivity index (χ3v) is 17.8. The number of esters is 1. The second kappa shape index (κ2) is 39.5. The maximum atomic E-state index is 14.8. The summed E-state index contributed by atoms with van der Waals surface area (Å²) < 4.78 is 22.8. The molecule has 8 N–H and O–H groups in total. The van der Waals surface area contributed by atoms with Crippen LogP contribution in [0.3, 0.4) is 0 Å². The van der Waals surface area contributed by atoms with Gasteiger partial charge in [0.15, 0.2) is 0 Å². The predicted molar refractivity (Wildman–Crippen MR) is 358 cm³/mol. The van der Waals surface area contributed by atoms with Crippen molar-refractivity contribution in [3.8, 4) is 0 Å². The van der Waals surface area contributed by atoms with Gasteiger partial charge in [-0.3, -0.25) is 53.0 Å². The van der Waals surface area contributed by atoms with E-state index in [1.165, 1.54) is 50.3 Å². The van der Waals surface area contributed by atoms with Gasteiger partial charge in [0.25, 0.3) is 11.8 Å². The summed E-state index contributed by atoms with van der Waals surface area (Å²) in [4.78, 5) is 166. The van der Waals surface area contributed by atoms with Crippen LogP contribution in [0.2, 0.25) is 0 Å². The minimum absolute atomic E-state index is 0.0807. The van der Waals surface area contributed by atoms with Gasteiger partial charge in [-0.05, 0) is 85.5 Å². The summed E-state index contributed by atoms with van der Waals surface area (Å²) in [6.07, 6.45) is 3.86. The number of urea groups is 1. The molecule has 1 fully saturated rings. The van der Waals surface area contributed by atoms with Gasteiger partial charge in [0, 0.05) is 78.6 Å². The van der Waals surface area contributed by atoms with E-state index in [0.717, 1.165) is 10.5 Å². The molecule has 2 aromatic carbocycles. The highest BCUT2D eigenvalue weighted by Crippen LogP contribution is 2.30. The molecule has 1 unspecified atom stereocenters. The number of nitrogens with zero attached hydrogens (tertiary/aromatic N) is 4. The fraction of sp³-hybridized carbons (Fsp3) is 0.623. The summed E-state index contributed by atoms with van der Waals surface area (Å²) in [5.41, 5.74) is 6.93. The predicted octanol–water partition coefficient (Wildman–Crippen LogP) is 4.74. The molecular formula is C69H105N11O16. The molecule has 0 aromatic heterocycles. The zero-order valence-corrected chi connectivity index (χ0v) is 58.4. The zero-order valence-electron chi connectivity index (χ0n) is 58.4. The summed E-state index contributed by atoms with van der Waals surface area (Å²) in [5, 5.41) is 16.5. The van der Waals surface area contributed by atoms with Crippen LogP contribution in [0.25, 0.3) is 0 Å². The highest BCUT2D eigenvalue weighted by molar-refractivity contribution is 6.12. The number of likely N-dealkylation sites (N-methyl/N-ethyl adjacent to an activating group) is 2. The van der Waals surface area contributed by atoms with Crippen LogP contribution in [-0.2, 0) is 79.9 Å². The van der Waals surface area contributed by atoms with Gasteiger partial charge >= 0.3 is 18.1 Å². The topological polar surface area (TPSA) is 353 Å². The third-order valence-electron chi connectivity index (χ3n) is 17.8. The summed E-state index contributed by atoms with van der Waals surface area (Å²) in [6.45, 7) is 16.7. The summed E-state index contributed by atoms with van der Waals surface area (Å²) in [6, 6.07) is 8.45. The largest absolute Gasteiger partial charge is 0.467 e. The van der Waals surface area contributed by atoms with E-state index in [0.29, 0.717) is 56.3 Å². The van der Waals surface area contributed by atoms with Crippen LogP contribution in [0.4, 0.5) is 15.3 Å². The van der Waals surface area contributed by atoms with Gasteiger partial charge in [-0.2, -0.15) is 0 Å². The van der Waals surface area contributed by atoms with E-state index in [2.05, 4.69) is 31.9 Å². The van der Waals surface area contributed by atoms with Crippen molar-refractivity contribution in [2.45, 2.75) is 194 Å². The number of rotatable bonds is 39. The monoisotopic (exact) mass is 1340 g/mol. The molecule has 0 radical (unpaired) electrons. The minimum atomic E-state index is -1.12. The summed E-state index contributed by atoms with van der Waals surface area (Å²) >= 11 is 0. The van der Waals surface area contributed by atoms with Gasteiger partial charge in [-0.25, -0.2) is 14.4 Å². The lowest BCUT2D eigenvalue weighted by Gasteiger charge is -2.41. The number of methoxy groups -OCH3 is 3. The van der Waals surface area contributed by atoms with Crippen molar-refractivity contribution < 1.29 is 76.5 Å². The molecule has 1 saturated heterocycles. The Hall–Kier alpha value is -8.46. The number of ether oxygens (including phenoxy) is 4. The van der Waals surface area contributed by atoms with Gasteiger partial charge in [0.1, 0.15) is 36.8 Å². The standard InChI is InChI=1S/C69H105N11O16/c1-15-44(8)60(52(93-12)39-56(84)79-37-23-27-51(79)61(94-13)45(9)62(85)74-50(67(90)95-14)38-46-24-18-16-19-25-46)77(10)66(89)58(42(4)5)76-65(88)59(43(6)7)78(11)69(92)96-40-47-29-31-48(32-30-47)72-63(86)49(26-22-35-71-68(70)91)73-64(87)57(41(2)3)75-53(81)28-20-17-21-36-80-54(82)33-34-55(80)83/h16,18-19,24-25,29-34,41-45,49-52,57-61H,15,17,20-23,26-28,35-40H2,1-14H3,(H,72,86)(H,73,87)(H,74,85)(H,75,81)(H,76,88)(H3,70,71,91)/t44-,45+,49-,50-,51-,52+,57?,58-,59-,60-,61+/m0/s1. The molecule has 27 nitrogen and oxygen atoms in total. The normalized spacial score (nSPS) is 16.9. The molecule has 2 heterocycles. The number of benzene rings is 2. The third kappa shape index (κ3) is 23.7. The molecule has 2 aliphatic rings. The minimum Gasteiger partial charge on any atom is -0.467 e. The lowest BCUT2D eigenvalue weighted by atomic mass is 9.89. The Morgan fingerprint density at radius 1 is 0.677 bits per heavy atom. The Morgan fingerprint density at radius 3 is 1.89 bits per heavy atom. The summed E-state index contributed by atoms with van der Waals surface area (Å²) in [5.74, 6) is -6.93. The Morgan fingerprint density at radius 2 is 1.31 bits per heavy atom. The number of primary amides is 1. The van der Waals surface area contributed by atoms with Crippen molar-refractivity contribution in [3.05, 3.63) is 77.9 Å². The van der Waals surface area contributed by atoms with Crippen LogP contribution in [0.1, 0.15) is 138 Å². The van der Waals surface area contributed by atoms with Crippen molar-refractivity contribution in [3.63, 3.8) is 0 Å². The molecule has 11 atom stereocenters. The average Bonchev–Trinajstić information content (AvgIpc) is 1.55. The Bertz CT molecular complexity index is 2960. The van der Waals surface area contributed by atoms with E-state index < -0.39 is 126 Å². The number of imide groups is 1.